The van der Waals surface area contributed by atoms with Gasteiger partial charge in [0.15, 0.2) is 0 Å². The van der Waals surface area contributed by atoms with E-state index in [-0.39, 0.29) is 11.8 Å². The molecular weight excluding hydrogens is 284 g/mol. The van der Waals surface area contributed by atoms with Crippen LogP contribution in [0.1, 0.15) is 18.4 Å². The van der Waals surface area contributed by atoms with Crippen LogP contribution in [0.2, 0.25) is 0 Å². The number of carbonyl (C=O) groups excluding carboxylic acids is 1. The van der Waals surface area contributed by atoms with Gasteiger partial charge >= 0.3 is 0 Å². The van der Waals surface area contributed by atoms with Crippen LogP contribution >= 0.6 is 15.9 Å². The summed E-state index contributed by atoms with van der Waals surface area (Å²) in [5.41, 5.74) is 0.949. The van der Waals surface area contributed by atoms with Crippen LogP contribution in [0.5, 0.6) is 0 Å². The van der Waals surface area contributed by atoms with E-state index in [1.54, 1.807) is 6.20 Å². The minimum atomic E-state index is -0.0476. The molecule has 1 aromatic heterocycles. The molecule has 2 heterocycles. The molecule has 4 nitrogen and oxygen atoms in total. The van der Waals surface area contributed by atoms with Gasteiger partial charge < -0.3 is 10.1 Å². The van der Waals surface area contributed by atoms with Gasteiger partial charge in [0.2, 0.25) is 5.91 Å². The van der Waals surface area contributed by atoms with Crippen LogP contribution in [-0.4, -0.2) is 24.1 Å². The zero-order valence-electron chi connectivity index (χ0n) is 9.70. The number of aromatic nitrogens is 1. The van der Waals surface area contributed by atoms with Crippen LogP contribution in [0.25, 0.3) is 0 Å². The van der Waals surface area contributed by atoms with Gasteiger partial charge in [-0.3, -0.25) is 4.79 Å². The minimum absolute atomic E-state index is 0.00243. The molecule has 17 heavy (non-hydrogen) atoms. The number of carbonyl (C=O) groups is 1. The molecule has 1 saturated heterocycles. The van der Waals surface area contributed by atoms with Gasteiger partial charge in [-0.05, 0) is 47.3 Å². The predicted octanol–water partition coefficient (Wildman–Crippen LogP) is 2.52. The second kappa shape index (κ2) is 5.60. The lowest BCUT2D eigenvalue weighted by atomic mass is 10.0. The third-order valence-electron chi connectivity index (χ3n) is 2.82. The SMILES string of the molecule is Cc1cc(Br)cnc1NC(=O)C1CCCOC1. The van der Waals surface area contributed by atoms with Gasteiger partial charge in [0.05, 0.1) is 12.5 Å². The van der Waals surface area contributed by atoms with Gasteiger partial charge in [-0.1, -0.05) is 0 Å². The molecule has 0 aliphatic carbocycles. The van der Waals surface area contributed by atoms with Crippen LogP contribution < -0.4 is 5.32 Å². The fourth-order valence-electron chi connectivity index (χ4n) is 1.84. The molecule has 1 unspecified atom stereocenters. The first-order valence-electron chi connectivity index (χ1n) is 5.67. The normalized spacial score (nSPS) is 20.0. The molecule has 1 aromatic rings. The van der Waals surface area contributed by atoms with Gasteiger partial charge in [0.1, 0.15) is 5.82 Å². The van der Waals surface area contributed by atoms with Crippen LogP contribution in [0.3, 0.4) is 0 Å². The average molecular weight is 299 g/mol. The van der Waals surface area contributed by atoms with Crippen LogP contribution in [0.4, 0.5) is 5.82 Å². The number of anilines is 1. The Morgan fingerprint density at radius 1 is 1.65 bits per heavy atom. The number of aryl methyl sites for hydroxylation is 1. The summed E-state index contributed by atoms with van der Waals surface area (Å²) in [5, 5.41) is 2.86. The fourth-order valence-corrected chi connectivity index (χ4v) is 2.28. The summed E-state index contributed by atoms with van der Waals surface area (Å²) < 4.78 is 6.21. The van der Waals surface area contributed by atoms with E-state index in [1.165, 1.54) is 0 Å². The average Bonchev–Trinajstić information content (AvgIpc) is 2.34. The fraction of sp³-hybridized carbons (Fsp3) is 0.500. The van der Waals surface area contributed by atoms with Crippen molar-refractivity contribution < 1.29 is 9.53 Å². The first kappa shape index (κ1) is 12.5. The van der Waals surface area contributed by atoms with Gasteiger partial charge in [0, 0.05) is 17.3 Å². The van der Waals surface area contributed by atoms with Crippen LogP contribution in [0, 0.1) is 12.8 Å². The molecule has 1 aliphatic rings. The molecular formula is C12H15BrN2O2. The summed E-state index contributed by atoms with van der Waals surface area (Å²) in [6.07, 6.45) is 3.52. The highest BCUT2D eigenvalue weighted by Gasteiger charge is 2.22. The third-order valence-corrected chi connectivity index (χ3v) is 3.25. The van der Waals surface area contributed by atoms with Crippen molar-refractivity contribution in [1.82, 2.24) is 4.98 Å². The zero-order valence-corrected chi connectivity index (χ0v) is 11.3. The molecule has 0 aromatic carbocycles. The Morgan fingerprint density at radius 3 is 3.12 bits per heavy atom. The Kier molecular flexibility index (Phi) is 4.12. The maximum atomic E-state index is 12.0. The molecule has 1 N–H and O–H groups in total. The molecule has 0 radical (unpaired) electrons. The Morgan fingerprint density at radius 2 is 2.47 bits per heavy atom. The summed E-state index contributed by atoms with van der Waals surface area (Å²) in [6.45, 7) is 3.20. The predicted molar refractivity (Wildman–Crippen MR) is 68.8 cm³/mol. The van der Waals surface area contributed by atoms with Crippen molar-refractivity contribution >= 4 is 27.7 Å². The molecule has 0 spiro atoms. The standard InChI is InChI=1S/C12H15BrN2O2/c1-8-5-10(13)6-14-11(8)15-12(16)9-3-2-4-17-7-9/h5-6,9H,2-4,7H2,1H3,(H,14,15,16). The minimum Gasteiger partial charge on any atom is -0.381 e. The number of pyridine rings is 1. The van der Waals surface area contributed by atoms with Crippen molar-refractivity contribution in [2.24, 2.45) is 5.92 Å². The largest absolute Gasteiger partial charge is 0.381 e. The Balaban J connectivity index is 2.02. The second-order valence-corrected chi connectivity index (χ2v) is 5.14. The van der Waals surface area contributed by atoms with Crippen molar-refractivity contribution in [1.29, 1.82) is 0 Å². The molecule has 1 fully saturated rings. The summed E-state index contributed by atoms with van der Waals surface area (Å²) in [6, 6.07) is 1.93. The third kappa shape index (κ3) is 3.26. The first-order valence-corrected chi connectivity index (χ1v) is 6.47. The van der Waals surface area contributed by atoms with Crippen molar-refractivity contribution in [3.8, 4) is 0 Å². The van der Waals surface area contributed by atoms with Crippen LogP contribution in [0.15, 0.2) is 16.7 Å². The summed E-state index contributed by atoms with van der Waals surface area (Å²) >= 11 is 3.34. The van der Waals surface area contributed by atoms with Gasteiger partial charge in [-0.2, -0.15) is 0 Å². The van der Waals surface area contributed by atoms with Crippen molar-refractivity contribution in [2.45, 2.75) is 19.8 Å². The number of hydrogen-bond donors (Lipinski definition) is 1. The maximum absolute atomic E-state index is 12.0. The summed E-state index contributed by atoms with van der Waals surface area (Å²) in [4.78, 5) is 16.2. The molecule has 2 rings (SSSR count). The van der Waals surface area contributed by atoms with E-state index in [4.69, 9.17) is 4.74 Å². The quantitative estimate of drug-likeness (QED) is 0.913. The topological polar surface area (TPSA) is 51.2 Å². The summed E-state index contributed by atoms with van der Waals surface area (Å²) in [7, 11) is 0. The molecule has 1 aliphatic heterocycles. The number of halogens is 1. The van der Waals surface area contributed by atoms with E-state index >= 15 is 0 Å². The monoisotopic (exact) mass is 298 g/mol. The lowest BCUT2D eigenvalue weighted by Crippen LogP contribution is -2.30. The van der Waals surface area contributed by atoms with Crippen LogP contribution in [-0.2, 0) is 9.53 Å². The lowest BCUT2D eigenvalue weighted by Gasteiger charge is -2.21. The van der Waals surface area contributed by atoms with Crippen molar-refractivity contribution in [3.63, 3.8) is 0 Å². The molecule has 0 saturated carbocycles. The number of ether oxygens (including phenoxy) is 1. The first-order chi connectivity index (χ1) is 8.16. The van der Waals surface area contributed by atoms with Gasteiger partial charge in [-0.15, -0.1) is 0 Å². The Hall–Kier alpha value is -0.940. The molecule has 0 bridgehead atoms. The number of nitrogens with zero attached hydrogens (tertiary/aromatic N) is 1. The zero-order chi connectivity index (χ0) is 12.3. The highest BCUT2D eigenvalue weighted by atomic mass is 79.9. The highest BCUT2D eigenvalue weighted by molar-refractivity contribution is 9.10. The lowest BCUT2D eigenvalue weighted by molar-refractivity contribution is -0.123. The van der Waals surface area contributed by atoms with E-state index in [9.17, 15) is 4.79 Å². The van der Waals surface area contributed by atoms with Crippen molar-refractivity contribution in [2.75, 3.05) is 18.5 Å². The van der Waals surface area contributed by atoms with E-state index < -0.39 is 0 Å². The number of rotatable bonds is 2. The number of hydrogen-bond acceptors (Lipinski definition) is 3. The smallest absolute Gasteiger partial charge is 0.230 e. The maximum Gasteiger partial charge on any atom is 0.230 e. The Bertz CT molecular complexity index is 417. The molecule has 92 valence electrons. The number of nitrogens with one attached hydrogen (secondary N) is 1. The van der Waals surface area contributed by atoms with Gasteiger partial charge in [0.25, 0.3) is 0 Å². The van der Waals surface area contributed by atoms with E-state index in [2.05, 4.69) is 26.2 Å². The Labute approximate surface area is 109 Å². The van der Waals surface area contributed by atoms with E-state index in [0.29, 0.717) is 12.4 Å². The second-order valence-electron chi connectivity index (χ2n) is 4.22. The number of amides is 1. The molecule has 1 atom stereocenters. The van der Waals surface area contributed by atoms with Crippen molar-refractivity contribution in [3.05, 3.63) is 22.3 Å². The highest BCUT2D eigenvalue weighted by Crippen LogP contribution is 2.19. The molecule has 1 amide bonds. The summed E-state index contributed by atoms with van der Waals surface area (Å²) in [5.74, 6) is 0.583. The van der Waals surface area contributed by atoms with E-state index in [1.807, 2.05) is 13.0 Å². The van der Waals surface area contributed by atoms with E-state index in [0.717, 1.165) is 29.5 Å². The van der Waals surface area contributed by atoms with Gasteiger partial charge in [-0.25, -0.2) is 4.98 Å². The molecule has 5 heteroatoms.